The zero-order chi connectivity index (χ0) is 53.6. The van der Waals surface area contributed by atoms with Crippen LogP contribution in [0, 0.1) is 0 Å². The fourth-order valence-corrected chi connectivity index (χ4v) is 10.2. The van der Waals surface area contributed by atoms with Crippen molar-refractivity contribution in [3.05, 3.63) is 0 Å². The highest BCUT2D eigenvalue weighted by Crippen LogP contribution is 2.30. The van der Waals surface area contributed by atoms with Crippen LogP contribution in [0.15, 0.2) is 0 Å². The highest BCUT2D eigenvalue weighted by molar-refractivity contribution is 5.80. The molecule has 2 aliphatic heterocycles. The predicted octanol–water partition coefficient (Wildman–Crippen LogP) is 6.64. The first kappa shape index (κ1) is 67.5. The Morgan fingerprint density at radius 3 is 1.30 bits per heavy atom. The van der Waals surface area contributed by atoms with E-state index in [1.807, 2.05) is 0 Å². The first-order valence-corrected chi connectivity index (χ1v) is 29.4. The molecule has 0 aromatic carbocycles. The van der Waals surface area contributed by atoms with E-state index >= 15 is 0 Å². The van der Waals surface area contributed by atoms with E-state index in [1.54, 1.807) is 0 Å². The summed E-state index contributed by atoms with van der Waals surface area (Å²) in [7, 11) is 0. The maximum absolute atomic E-state index is 13.5. The van der Waals surface area contributed by atoms with Crippen LogP contribution >= 0.6 is 0 Å². The van der Waals surface area contributed by atoms with E-state index in [2.05, 4.69) is 24.5 Å². The SMILES string of the molecule is CCCCCCCCCCCCCCCCCCCCC(O)C(=O)NC(COC1OC(CO)C(O)C(OC2OC(CO)C(O)C(O)C2NC(C)=O)C1O)C(O)C(O)CCCCCCCCCCCCCCCC. The summed E-state index contributed by atoms with van der Waals surface area (Å²) >= 11 is 0. The molecule has 2 saturated heterocycles. The molecular weight excluding hydrogens is 941 g/mol. The molecule has 17 heteroatoms. The maximum Gasteiger partial charge on any atom is 0.249 e. The molecule has 0 aromatic rings. The van der Waals surface area contributed by atoms with Gasteiger partial charge >= 0.3 is 0 Å². The molecule has 2 rings (SSSR count). The average Bonchev–Trinajstić information content (AvgIpc) is 3.37. The van der Waals surface area contributed by atoms with Gasteiger partial charge in [-0.25, -0.2) is 0 Å². The molecule has 2 aliphatic rings. The number of aliphatic hydroxyl groups excluding tert-OH is 9. The monoisotopic (exact) mass is 1050 g/mol. The number of ether oxygens (including phenoxy) is 4. The first-order chi connectivity index (χ1) is 35.3. The molecule has 2 fully saturated rings. The van der Waals surface area contributed by atoms with Gasteiger partial charge in [0.25, 0.3) is 0 Å². The van der Waals surface area contributed by atoms with Crippen LogP contribution in [0.2, 0.25) is 0 Å². The van der Waals surface area contributed by atoms with Gasteiger partial charge in [-0.1, -0.05) is 219 Å². The molecule has 0 aliphatic carbocycles. The highest BCUT2D eigenvalue weighted by Gasteiger charge is 2.51. The molecule has 0 saturated carbocycles. The van der Waals surface area contributed by atoms with Crippen LogP contribution in [0.1, 0.15) is 239 Å². The van der Waals surface area contributed by atoms with Crippen molar-refractivity contribution in [3.63, 3.8) is 0 Å². The summed E-state index contributed by atoms with van der Waals surface area (Å²) in [6.45, 7) is 3.56. The second-order valence-electron chi connectivity index (χ2n) is 21.4. The number of carbonyl (C=O) groups excluding carboxylic acids is 2. The molecule has 2 heterocycles. The van der Waals surface area contributed by atoms with E-state index in [0.29, 0.717) is 12.8 Å². The molecule has 14 atom stereocenters. The number of rotatable bonds is 46. The van der Waals surface area contributed by atoms with Crippen molar-refractivity contribution in [2.45, 2.75) is 325 Å². The van der Waals surface area contributed by atoms with Crippen molar-refractivity contribution in [3.8, 4) is 0 Å². The summed E-state index contributed by atoms with van der Waals surface area (Å²) in [6, 6.07) is -2.72. The Labute approximate surface area is 440 Å². The largest absolute Gasteiger partial charge is 0.394 e. The Hall–Kier alpha value is -1.58. The fourth-order valence-electron chi connectivity index (χ4n) is 10.2. The van der Waals surface area contributed by atoms with E-state index < -0.39 is 117 Å². The Kier molecular flexibility index (Phi) is 39.3. The van der Waals surface area contributed by atoms with Gasteiger partial charge in [-0.05, 0) is 12.8 Å². The highest BCUT2D eigenvalue weighted by atomic mass is 16.7. The third-order valence-electron chi connectivity index (χ3n) is 14.9. The lowest BCUT2D eigenvalue weighted by atomic mass is 9.95. The number of unbranched alkanes of at least 4 members (excludes halogenated alkanes) is 30. The van der Waals surface area contributed by atoms with Crippen LogP contribution in [-0.2, 0) is 28.5 Å². The van der Waals surface area contributed by atoms with Crippen LogP contribution in [0.4, 0.5) is 0 Å². The van der Waals surface area contributed by atoms with Gasteiger partial charge in [0.05, 0.1) is 32.0 Å². The van der Waals surface area contributed by atoms with Gasteiger partial charge in [0, 0.05) is 6.92 Å². The van der Waals surface area contributed by atoms with Gasteiger partial charge in [-0.15, -0.1) is 0 Å². The van der Waals surface area contributed by atoms with E-state index in [9.17, 15) is 55.5 Å². The molecule has 11 N–H and O–H groups in total. The van der Waals surface area contributed by atoms with Crippen LogP contribution in [0.25, 0.3) is 0 Å². The smallest absolute Gasteiger partial charge is 0.249 e. The zero-order valence-corrected chi connectivity index (χ0v) is 45.7. The first-order valence-electron chi connectivity index (χ1n) is 29.4. The third kappa shape index (κ3) is 28.6. The van der Waals surface area contributed by atoms with Crippen molar-refractivity contribution >= 4 is 11.8 Å². The van der Waals surface area contributed by atoms with Crippen molar-refractivity contribution in [2.75, 3.05) is 19.8 Å². The third-order valence-corrected chi connectivity index (χ3v) is 14.9. The minimum absolute atomic E-state index is 0.195. The van der Waals surface area contributed by atoms with Crippen LogP contribution in [0.3, 0.4) is 0 Å². The van der Waals surface area contributed by atoms with Crippen LogP contribution in [-0.4, -0.2) is 163 Å². The topological polar surface area (TPSA) is 277 Å². The van der Waals surface area contributed by atoms with E-state index in [0.717, 1.165) is 58.3 Å². The zero-order valence-electron chi connectivity index (χ0n) is 45.7. The molecule has 14 unspecified atom stereocenters. The number of hydrogen-bond donors (Lipinski definition) is 11. The number of nitrogens with one attached hydrogen (secondary N) is 2. The summed E-state index contributed by atoms with van der Waals surface area (Å²) in [5.41, 5.74) is 0. The molecule has 0 aromatic heterocycles. The predicted molar refractivity (Wildman–Crippen MR) is 282 cm³/mol. The van der Waals surface area contributed by atoms with Crippen molar-refractivity contribution in [2.24, 2.45) is 0 Å². The number of amides is 2. The van der Waals surface area contributed by atoms with Gasteiger partial charge in [0.2, 0.25) is 11.8 Å². The molecule has 432 valence electrons. The maximum atomic E-state index is 13.5. The second-order valence-corrected chi connectivity index (χ2v) is 21.4. The number of aliphatic hydroxyl groups is 9. The van der Waals surface area contributed by atoms with E-state index in [1.165, 1.54) is 141 Å². The molecule has 2 amide bonds. The van der Waals surface area contributed by atoms with Gasteiger partial charge < -0.3 is 75.5 Å². The van der Waals surface area contributed by atoms with Crippen LogP contribution < -0.4 is 10.6 Å². The minimum atomic E-state index is -1.85. The summed E-state index contributed by atoms with van der Waals surface area (Å²) in [6.07, 6.45) is 19.8. The van der Waals surface area contributed by atoms with Gasteiger partial charge in [-0.2, -0.15) is 0 Å². The number of hydrogen-bond acceptors (Lipinski definition) is 15. The van der Waals surface area contributed by atoms with Crippen LogP contribution in [0.5, 0.6) is 0 Å². The Balaban J connectivity index is 1.95. The lowest BCUT2D eigenvalue weighted by Crippen LogP contribution is -2.68. The minimum Gasteiger partial charge on any atom is -0.394 e. The molecular formula is C56H108N2O15. The Morgan fingerprint density at radius 1 is 0.507 bits per heavy atom. The van der Waals surface area contributed by atoms with Crippen molar-refractivity contribution in [1.29, 1.82) is 0 Å². The Morgan fingerprint density at radius 2 is 0.890 bits per heavy atom. The summed E-state index contributed by atoms with van der Waals surface area (Å²) in [5.74, 6) is -1.40. The quantitative estimate of drug-likeness (QED) is 0.0285. The molecule has 73 heavy (non-hydrogen) atoms. The Bertz CT molecular complexity index is 1340. The molecule has 0 spiro atoms. The summed E-state index contributed by atoms with van der Waals surface area (Å²) < 4.78 is 23.2. The molecule has 0 bridgehead atoms. The lowest BCUT2D eigenvalue weighted by Gasteiger charge is -2.47. The second kappa shape index (κ2) is 42.4. The fraction of sp³-hybridized carbons (Fsp3) is 0.964. The van der Waals surface area contributed by atoms with E-state index in [-0.39, 0.29) is 12.8 Å². The van der Waals surface area contributed by atoms with Gasteiger partial charge in [-0.3, -0.25) is 9.59 Å². The van der Waals surface area contributed by atoms with Gasteiger partial charge in [0.15, 0.2) is 12.6 Å². The van der Waals surface area contributed by atoms with E-state index in [4.69, 9.17) is 18.9 Å². The van der Waals surface area contributed by atoms with Crippen molar-refractivity contribution < 1.29 is 74.5 Å². The molecule has 0 radical (unpaired) electrons. The normalized spacial score (nSPS) is 26.1. The van der Waals surface area contributed by atoms with Crippen molar-refractivity contribution in [1.82, 2.24) is 10.6 Å². The summed E-state index contributed by atoms with van der Waals surface area (Å²) in [5, 5.41) is 103. The number of carbonyl (C=O) groups is 2. The average molecular weight is 1050 g/mol. The lowest BCUT2D eigenvalue weighted by molar-refractivity contribution is -0.348. The molecule has 17 nitrogen and oxygen atoms in total. The summed E-state index contributed by atoms with van der Waals surface area (Å²) in [4.78, 5) is 25.5. The van der Waals surface area contributed by atoms with Gasteiger partial charge in [0.1, 0.15) is 61.0 Å². The standard InChI is InChI=1S/C56H108N2O15/c1-4-6-8-10-12-14-16-18-20-21-22-23-25-27-29-31-33-35-37-44(63)54(69)58-42(48(64)43(62)36-34-32-30-28-26-24-19-17-15-13-11-9-7-5-2)40-70-56-52(68)53(50(66)46(39-60)72-56)73-55-47(57-41(3)61)51(67)49(65)45(38-59)71-55/h42-53,55-56,59-60,62-68H,4-40H2,1-3H3,(H,57,61)(H,58,69).